The second kappa shape index (κ2) is 11.4. The predicted octanol–water partition coefficient (Wildman–Crippen LogP) is 3.64. The van der Waals surface area contributed by atoms with Gasteiger partial charge in [0.1, 0.15) is 0 Å². The predicted molar refractivity (Wildman–Crippen MR) is 133 cm³/mol. The van der Waals surface area contributed by atoms with Crippen LogP contribution in [0.2, 0.25) is 0 Å². The van der Waals surface area contributed by atoms with E-state index in [4.69, 9.17) is 0 Å². The molecule has 0 radical (unpaired) electrons. The first-order chi connectivity index (χ1) is 17.1. The molecule has 4 rings (SSSR count). The number of benzene rings is 2. The second-order valence-electron chi connectivity index (χ2n) is 8.52. The van der Waals surface area contributed by atoms with E-state index in [2.05, 4.69) is 20.6 Å². The molecule has 1 fully saturated rings. The average molecular weight is 472 g/mol. The highest BCUT2D eigenvalue weighted by molar-refractivity contribution is 6.07. The Hall–Kier alpha value is -4.07. The summed E-state index contributed by atoms with van der Waals surface area (Å²) in [5.41, 5.74) is 1.55. The molecule has 1 unspecified atom stereocenters. The molecule has 35 heavy (non-hydrogen) atoms. The van der Waals surface area contributed by atoms with Gasteiger partial charge in [-0.1, -0.05) is 55.5 Å². The lowest BCUT2D eigenvalue weighted by Crippen LogP contribution is -2.48. The maximum absolute atomic E-state index is 13.1. The van der Waals surface area contributed by atoms with Crippen LogP contribution < -0.4 is 10.6 Å². The fourth-order valence-electron chi connectivity index (χ4n) is 4.32. The normalized spacial score (nSPS) is 14.7. The lowest BCUT2D eigenvalue weighted by atomic mass is 9.93. The van der Waals surface area contributed by atoms with E-state index >= 15 is 0 Å². The molecule has 2 aromatic carbocycles. The maximum Gasteiger partial charge on any atom is 0.273 e. The smallest absolute Gasteiger partial charge is 0.273 e. The van der Waals surface area contributed by atoms with Gasteiger partial charge >= 0.3 is 0 Å². The Labute approximate surface area is 204 Å². The Morgan fingerprint density at radius 2 is 1.54 bits per heavy atom. The van der Waals surface area contributed by atoms with Gasteiger partial charge in [-0.25, -0.2) is 9.97 Å². The number of hydrogen-bond donors (Lipinski definition) is 2. The first-order valence-corrected chi connectivity index (χ1v) is 11.9. The van der Waals surface area contributed by atoms with Crippen LogP contribution in [0, 0.1) is 0 Å². The van der Waals surface area contributed by atoms with Gasteiger partial charge in [-0.15, -0.1) is 0 Å². The largest absolute Gasteiger partial charge is 0.348 e. The third-order valence-corrected chi connectivity index (χ3v) is 6.23. The lowest BCUT2D eigenvalue weighted by molar-refractivity contribution is -0.134. The molecule has 1 saturated heterocycles. The minimum absolute atomic E-state index is 0.0606. The number of aromatic nitrogens is 2. The third-order valence-electron chi connectivity index (χ3n) is 6.23. The highest BCUT2D eigenvalue weighted by atomic mass is 16.2. The number of nitrogens with one attached hydrogen (secondary N) is 2. The topological polar surface area (TPSA) is 104 Å². The van der Waals surface area contributed by atoms with Crippen molar-refractivity contribution >= 4 is 23.5 Å². The molecule has 3 aromatic rings. The number of likely N-dealkylation sites (tertiary alicyclic amines) is 1. The summed E-state index contributed by atoms with van der Waals surface area (Å²) in [7, 11) is 0. The van der Waals surface area contributed by atoms with Crippen molar-refractivity contribution in [2.75, 3.05) is 18.4 Å². The fourth-order valence-corrected chi connectivity index (χ4v) is 4.32. The number of anilines is 1. The number of rotatable bonds is 7. The number of piperidine rings is 1. The summed E-state index contributed by atoms with van der Waals surface area (Å²) in [5, 5.41) is 5.67. The summed E-state index contributed by atoms with van der Waals surface area (Å²) < 4.78 is 0. The van der Waals surface area contributed by atoms with Crippen LogP contribution in [0.3, 0.4) is 0 Å². The molecule has 8 heteroatoms. The minimum atomic E-state index is -0.401. The molecule has 3 amide bonds. The Kier molecular flexibility index (Phi) is 7.82. The van der Waals surface area contributed by atoms with Gasteiger partial charge in [-0.2, -0.15) is 0 Å². The zero-order chi connectivity index (χ0) is 24.6. The van der Waals surface area contributed by atoms with E-state index in [1.165, 1.54) is 12.4 Å². The van der Waals surface area contributed by atoms with Crippen molar-refractivity contribution in [3.8, 4) is 0 Å². The van der Waals surface area contributed by atoms with E-state index < -0.39 is 5.91 Å². The second-order valence-corrected chi connectivity index (χ2v) is 8.52. The summed E-state index contributed by atoms with van der Waals surface area (Å²) in [6.45, 7) is 3.17. The van der Waals surface area contributed by atoms with Gasteiger partial charge in [0.2, 0.25) is 5.91 Å². The molecule has 0 saturated carbocycles. The summed E-state index contributed by atoms with van der Waals surface area (Å²) in [5.74, 6) is -0.682. The van der Waals surface area contributed by atoms with Crippen molar-refractivity contribution in [1.82, 2.24) is 20.2 Å². The monoisotopic (exact) mass is 471 g/mol. The van der Waals surface area contributed by atoms with Gasteiger partial charge in [0.25, 0.3) is 11.8 Å². The average Bonchev–Trinajstić information content (AvgIpc) is 2.91. The van der Waals surface area contributed by atoms with E-state index in [9.17, 15) is 14.4 Å². The Morgan fingerprint density at radius 1 is 0.914 bits per heavy atom. The number of carbonyl (C=O) groups excluding carboxylic acids is 3. The molecule has 2 heterocycles. The Balaban J connectivity index is 1.35. The van der Waals surface area contributed by atoms with Crippen LogP contribution in [0.5, 0.6) is 0 Å². The molecule has 2 N–H and O–H groups in total. The van der Waals surface area contributed by atoms with Crippen LogP contribution >= 0.6 is 0 Å². The van der Waals surface area contributed by atoms with Gasteiger partial charge in [0.05, 0.1) is 5.92 Å². The van der Waals surface area contributed by atoms with Crippen molar-refractivity contribution in [2.45, 2.75) is 38.1 Å². The van der Waals surface area contributed by atoms with Crippen LogP contribution in [0.4, 0.5) is 5.82 Å². The molecule has 180 valence electrons. The van der Waals surface area contributed by atoms with E-state index in [-0.39, 0.29) is 35.3 Å². The van der Waals surface area contributed by atoms with Crippen molar-refractivity contribution < 1.29 is 14.4 Å². The lowest BCUT2D eigenvalue weighted by Gasteiger charge is -2.34. The van der Waals surface area contributed by atoms with E-state index in [0.717, 1.165) is 12.0 Å². The quantitative estimate of drug-likeness (QED) is 0.547. The summed E-state index contributed by atoms with van der Waals surface area (Å²) in [4.78, 5) is 48.8. The molecule has 1 aromatic heterocycles. The number of amides is 3. The van der Waals surface area contributed by atoms with E-state index in [1.54, 1.807) is 24.3 Å². The highest BCUT2D eigenvalue weighted by Gasteiger charge is 2.29. The molecule has 0 aliphatic carbocycles. The van der Waals surface area contributed by atoms with Crippen LogP contribution in [-0.4, -0.2) is 51.7 Å². The SMILES string of the molecule is CCC(C(=O)N1CCC(NC(=O)c2nccnc2NC(=O)c2ccccc2)CC1)c1ccccc1. The molecule has 1 atom stereocenters. The van der Waals surface area contributed by atoms with Gasteiger partial charge in [0, 0.05) is 37.1 Å². The van der Waals surface area contributed by atoms with Crippen molar-refractivity contribution in [2.24, 2.45) is 0 Å². The minimum Gasteiger partial charge on any atom is -0.348 e. The molecule has 1 aliphatic heterocycles. The van der Waals surface area contributed by atoms with Crippen molar-refractivity contribution in [3.63, 3.8) is 0 Å². The molecular weight excluding hydrogens is 442 g/mol. The standard InChI is InChI=1S/C27H29N5O3/c1-2-22(19-9-5-3-6-10-19)27(35)32-17-13-21(14-18-32)30-26(34)23-24(29-16-15-28-23)31-25(33)20-11-7-4-8-12-20/h3-12,15-16,21-22H,2,13-14,17-18H2,1H3,(H,30,34)(H,29,31,33). The number of nitrogens with zero attached hydrogens (tertiary/aromatic N) is 3. The van der Waals surface area contributed by atoms with Crippen LogP contribution in [-0.2, 0) is 4.79 Å². The fraction of sp³-hybridized carbons (Fsp3) is 0.296. The first kappa shape index (κ1) is 24.1. The number of carbonyl (C=O) groups is 3. The summed E-state index contributed by atoms with van der Waals surface area (Å²) in [6, 6.07) is 18.5. The third kappa shape index (κ3) is 5.90. The zero-order valence-electron chi connectivity index (χ0n) is 19.7. The molecule has 8 nitrogen and oxygen atoms in total. The molecule has 0 spiro atoms. The van der Waals surface area contributed by atoms with Gasteiger partial charge in [-0.05, 0) is 37.0 Å². The van der Waals surface area contributed by atoms with E-state index in [1.807, 2.05) is 48.2 Å². The highest BCUT2D eigenvalue weighted by Crippen LogP contribution is 2.24. The van der Waals surface area contributed by atoms with Crippen molar-refractivity contribution in [3.05, 3.63) is 89.9 Å². The Bertz CT molecular complexity index is 1160. The number of hydrogen-bond acceptors (Lipinski definition) is 5. The van der Waals surface area contributed by atoms with E-state index in [0.29, 0.717) is 31.5 Å². The van der Waals surface area contributed by atoms with Gasteiger partial charge in [0.15, 0.2) is 11.5 Å². The maximum atomic E-state index is 13.1. The van der Waals surface area contributed by atoms with Crippen LogP contribution in [0.1, 0.15) is 58.5 Å². The molecular formula is C27H29N5O3. The van der Waals surface area contributed by atoms with Crippen LogP contribution in [0.15, 0.2) is 73.1 Å². The first-order valence-electron chi connectivity index (χ1n) is 11.9. The zero-order valence-corrected chi connectivity index (χ0v) is 19.7. The summed E-state index contributed by atoms with van der Waals surface area (Å²) >= 11 is 0. The molecule has 1 aliphatic rings. The van der Waals surface area contributed by atoms with Gasteiger partial charge < -0.3 is 15.5 Å². The Morgan fingerprint density at radius 3 is 2.20 bits per heavy atom. The van der Waals surface area contributed by atoms with Gasteiger partial charge in [-0.3, -0.25) is 14.4 Å². The van der Waals surface area contributed by atoms with Crippen molar-refractivity contribution in [1.29, 1.82) is 0 Å². The molecule has 0 bridgehead atoms. The summed E-state index contributed by atoms with van der Waals surface area (Å²) in [6.07, 6.45) is 4.88. The van der Waals surface area contributed by atoms with Crippen LogP contribution in [0.25, 0.3) is 0 Å².